The van der Waals surface area contributed by atoms with Crippen molar-refractivity contribution in [2.45, 2.75) is 12.8 Å². The van der Waals surface area contributed by atoms with Crippen molar-refractivity contribution in [1.29, 1.82) is 0 Å². The van der Waals surface area contributed by atoms with Crippen LogP contribution >= 0.6 is 0 Å². The summed E-state index contributed by atoms with van der Waals surface area (Å²) in [7, 11) is 3.21. The molecular formula is C20H21NO5. The summed E-state index contributed by atoms with van der Waals surface area (Å²) >= 11 is 0. The van der Waals surface area contributed by atoms with Crippen molar-refractivity contribution in [2.24, 2.45) is 0 Å². The highest BCUT2D eigenvalue weighted by atomic mass is 16.5. The number of nitrogens with zero attached hydrogens (tertiary/aromatic N) is 1. The molecule has 1 heterocycles. The number of aromatic carboxylic acids is 1. The summed E-state index contributed by atoms with van der Waals surface area (Å²) in [4.78, 5) is 25.7. The average Bonchev–Trinajstić information content (AvgIpc) is 2.88. The Morgan fingerprint density at radius 3 is 1.96 bits per heavy atom. The van der Waals surface area contributed by atoms with Gasteiger partial charge in [0.2, 0.25) is 0 Å². The number of ether oxygens (including phenoxy) is 2. The molecule has 0 aliphatic carbocycles. The van der Waals surface area contributed by atoms with Crippen LogP contribution < -0.4 is 9.47 Å². The maximum atomic E-state index is 12.8. The smallest absolute Gasteiger partial charge is 0.335 e. The molecule has 0 unspecified atom stereocenters. The fourth-order valence-electron chi connectivity index (χ4n) is 3.22. The van der Waals surface area contributed by atoms with Gasteiger partial charge in [0, 0.05) is 18.7 Å². The van der Waals surface area contributed by atoms with Crippen LogP contribution in [0, 0.1) is 0 Å². The van der Waals surface area contributed by atoms with Gasteiger partial charge in [0.1, 0.15) is 0 Å². The van der Waals surface area contributed by atoms with Crippen LogP contribution in [0.2, 0.25) is 0 Å². The van der Waals surface area contributed by atoms with Crippen LogP contribution in [0.3, 0.4) is 0 Å². The number of amides is 1. The van der Waals surface area contributed by atoms with Crippen molar-refractivity contribution in [2.75, 3.05) is 27.3 Å². The van der Waals surface area contributed by atoms with Gasteiger partial charge in [-0.25, -0.2) is 4.79 Å². The van der Waals surface area contributed by atoms with Crippen molar-refractivity contribution < 1.29 is 24.2 Å². The Bertz CT molecular complexity index is 811. The fourth-order valence-corrected chi connectivity index (χ4v) is 3.22. The molecule has 0 fully saturated rings. The molecule has 0 radical (unpaired) electrons. The molecule has 6 heteroatoms. The predicted octanol–water partition coefficient (Wildman–Crippen LogP) is 2.64. The summed E-state index contributed by atoms with van der Waals surface area (Å²) in [6.07, 6.45) is 1.42. The summed E-state index contributed by atoms with van der Waals surface area (Å²) in [6, 6.07) is 10.1. The number of carbonyl (C=O) groups is 2. The van der Waals surface area contributed by atoms with E-state index in [1.54, 1.807) is 31.3 Å². The molecule has 26 heavy (non-hydrogen) atoms. The molecule has 1 amide bonds. The van der Waals surface area contributed by atoms with Crippen molar-refractivity contribution in [3.05, 3.63) is 58.7 Å². The Hall–Kier alpha value is -3.02. The maximum Gasteiger partial charge on any atom is 0.335 e. The minimum atomic E-state index is -1.04. The van der Waals surface area contributed by atoms with E-state index in [-0.39, 0.29) is 11.5 Å². The number of benzene rings is 2. The lowest BCUT2D eigenvalue weighted by Gasteiger charge is -2.20. The number of carbonyl (C=O) groups excluding carboxylic acids is 1. The first-order chi connectivity index (χ1) is 12.5. The van der Waals surface area contributed by atoms with Crippen molar-refractivity contribution in [3.63, 3.8) is 0 Å². The summed E-state index contributed by atoms with van der Waals surface area (Å²) in [6.45, 7) is 1.14. The first-order valence-electron chi connectivity index (χ1n) is 8.40. The summed E-state index contributed by atoms with van der Waals surface area (Å²) < 4.78 is 10.7. The van der Waals surface area contributed by atoms with E-state index < -0.39 is 5.97 Å². The van der Waals surface area contributed by atoms with Crippen LogP contribution in [0.4, 0.5) is 0 Å². The van der Waals surface area contributed by atoms with Gasteiger partial charge in [0.15, 0.2) is 11.5 Å². The van der Waals surface area contributed by atoms with Gasteiger partial charge in [-0.15, -0.1) is 0 Å². The molecule has 3 rings (SSSR count). The number of hydrogen-bond donors (Lipinski definition) is 1. The predicted molar refractivity (Wildman–Crippen MR) is 96.3 cm³/mol. The molecule has 1 aliphatic heterocycles. The minimum absolute atomic E-state index is 0.114. The topological polar surface area (TPSA) is 76.1 Å². The van der Waals surface area contributed by atoms with E-state index in [1.807, 2.05) is 12.1 Å². The molecule has 0 bridgehead atoms. The Labute approximate surface area is 152 Å². The number of carboxylic acids is 1. The third kappa shape index (κ3) is 3.49. The lowest BCUT2D eigenvalue weighted by molar-refractivity contribution is 0.0697. The molecular weight excluding hydrogens is 334 g/mol. The summed E-state index contributed by atoms with van der Waals surface area (Å²) in [5.74, 6) is 0.169. The van der Waals surface area contributed by atoms with Crippen LogP contribution in [0.25, 0.3) is 0 Å². The Morgan fingerprint density at radius 1 is 0.923 bits per heavy atom. The van der Waals surface area contributed by atoms with Gasteiger partial charge in [-0.1, -0.05) is 6.07 Å². The first-order valence-corrected chi connectivity index (χ1v) is 8.40. The largest absolute Gasteiger partial charge is 0.493 e. The normalized spacial score (nSPS) is 13.5. The van der Waals surface area contributed by atoms with Crippen molar-refractivity contribution in [1.82, 2.24) is 4.90 Å². The van der Waals surface area contributed by atoms with E-state index >= 15 is 0 Å². The highest BCUT2D eigenvalue weighted by Crippen LogP contribution is 2.32. The highest BCUT2D eigenvalue weighted by molar-refractivity contribution is 5.97. The Kier molecular flexibility index (Phi) is 5.11. The number of rotatable bonds is 4. The lowest BCUT2D eigenvalue weighted by Crippen LogP contribution is -2.33. The molecule has 1 aliphatic rings. The quantitative estimate of drug-likeness (QED) is 0.912. The van der Waals surface area contributed by atoms with Gasteiger partial charge in [-0.05, 0) is 54.3 Å². The van der Waals surface area contributed by atoms with Gasteiger partial charge in [-0.3, -0.25) is 4.79 Å². The van der Waals surface area contributed by atoms with Crippen molar-refractivity contribution in [3.8, 4) is 11.5 Å². The van der Waals surface area contributed by atoms with Gasteiger partial charge in [0.25, 0.3) is 5.91 Å². The van der Waals surface area contributed by atoms with E-state index in [0.717, 1.165) is 11.1 Å². The van der Waals surface area contributed by atoms with Gasteiger partial charge >= 0.3 is 5.97 Å². The van der Waals surface area contributed by atoms with E-state index in [0.29, 0.717) is 43.0 Å². The second kappa shape index (κ2) is 7.47. The Morgan fingerprint density at radius 2 is 1.46 bits per heavy atom. The fraction of sp³-hybridized carbons (Fsp3) is 0.300. The molecule has 2 aromatic carbocycles. The van der Waals surface area contributed by atoms with Gasteiger partial charge in [0.05, 0.1) is 19.8 Å². The van der Waals surface area contributed by atoms with E-state index in [9.17, 15) is 9.59 Å². The lowest BCUT2D eigenvalue weighted by atomic mass is 10.0. The van der Waals surface area contributed by atoms with E-state index in [1.165, 1.54) is 12.1 Å². The second-order valence-electron chi connectivity index (χ2n) is 6.15. The molecule has 0 aromatic heterocycles. The van der Waals surface area contributed by atoms with Crippen LogP contribution in [-0.4, -0.2) is 49.2 Å². The molecule has 0 spiro atoms. The highest BCUT2D eigenvalue weighted by Gasteiger charge is 2.22. The average molecular weight is 355 g/mol. The molecule has 0 atom stereocenters. The standard InChI is InChI=1S/C20H21NO5/c1-25-17-11-13-6-8-21(9-7-14(13)12-18(17)26-2)19(22)15-4-3-5-16(10-15)20(23)24/h3-5,10-12H,6-9H2,1-2H3,(H,23,24). The minimum Gasteiger partial charge on any atom is -0.493 e. The SMILES string of the molecule is COc1cc2c(cc1OC)CCN(C(=O)c1cccc(C(=O)O)c1)CC2. The first kappa shape index (κ1) is 17.8. The van der Waals surface area contributed by atoms with Gasteiger partial charge in [-0.2, -0.15) is 0 Å². The van der Waals surface area contributed by atoms with Crippen LogP contribution in [0.15, 0.2) is 36.4 Å². The summed E-state index contributed by atoms with van der Waals surface area (Å²) in [5.41, 5.74) is 2.78. The van der Waals surface area contributed by atoms with E-state index in [4.69, 9.17) is 14.6 Å². The van der Waals surface area contributed by atoms with Crippen molar-refractivity contribution >= 4 is 11.9 Å². The molecule has 1 N–H and O–H groups in total. The zero-order valence-corrected chi connectivity index (χ0v) is 14.8. The van der Waals surface area contributed by atoms with Crippen LogP contribution in [-0.2, 0) is 12.8 Å². The molecule has 136 valence electrons. The molecule has 0 saturated carbocycles. The van der Waals surface area contributed by atoms with Gasteiger partial charge < -0.3 is 19.5 Å². The summed E-state index contributed by atoms with van der Waals surface area (Å²) in [5, 5.41) is 9.11. The van der Waals surface area contributed by atoms with E-state index in [2.05, 4.69) is 0 Å². The molecule has 0 saturated heterocycles. The monoisotopic (exact) mass is 355 g/mol. The van der Waals surface area contributed by atoms with Crippen LogP contribution in [0.5, 0.6) is 11.5 Å². The molecule has 6 nitrogen and oxygen atoms in total. The number of fused-ring (bicyclic) bond motifs is 1. The zero-order chi connectivity index (χ0) is 18.7. The van der Waals surface area contributed by atoms with Crippen LogP contribution in [0.1, 0.15) is 31.8 Å². The number of carboxylic acid groups (broad SMARTS) is 1. The maximum absolute atomic E-state index is 12.8. The third-order valence-electron chi connectivity index (χ3n) is 4.65. The molecule has 2 aromatic rings. The zero-order valence-electron chi connectivity index (χ0n) is 14.8. The number of hydrogen-bond acceptors (Lipinski definition) is 4. The third-order valence-corrected chi connectivity index (χ3v) is 4.65. The Balaban J connectivity index is 1.81. The number of methoxy groups -OCH3 is 2. The second-order valence-corrected chi connectivity index (χ2v) is 6.15.